The van der Waals surface area contributed by atoms with Crippen LogP contribution >= 0.6 is 0 Å². The molecule has 2 aromatic rings. The van der Waals surface area contributed by atoms with E-state index in [0.29, 0.717) is 11.4 Å². The van der Waals surface area contributed by atoms with Gasteiger partial charge in [-0.05, 0) is 22.9 Å². The number of carbonyl (C=O) groups is 1. The molecular formula is C14H20N6O3S. The Hall–Kier alpha value is -2.33. The SMILES string of the molecule is Cc1nnnn1[C@H](C(=O)NCCS(=O)(=O)N(C)C)c1ccccc1. The summed E-state index contributed by atoms with van der Waals surface area (Å²) >= 11 is 0. The maximum atomic E-state index is 12.6. The molecule has 0 unspecified atom stereocenters. The number of hydrogen-bond acceptors (Lipinski definition) is 6. The van der Waals surface area contributed by atoms with Crippen molar-refractivity contribution in [2.75, 3.05) is 26.4 Å². The van der Waals surface area contributed by atoms with Crippen LogP contribution in [0.3, 0.4) is 0 Å². The van der Waals surface area contributed by atoms with E-state index in [2.05, 4.69) is 20.8 Å². The minimum absolute atomic E-state index is 0.00382. The lowest BCUT2D eigenvalue weighted by molar-refractivity contribution is -0.123. The van der Waals surface area contributed by atoms with Crippen LogP contribution in [0.2, 0.25) is 0 Å². The Bertz CT molecular complexity index is 788. The first kappa shape index (κ1) is 18.0. The molecule has 2 rings (SSSR count). The Labute approximate surface area is 140 Å². The molecule has 0 aliphatic heterocycles. The number of benzene rings is 1. The van der Waals surface area contributed by atoms with Gasteiger partial charge in [-0.2, -0.15) is 0 Å². The van der Waals surface area contributed by atoms with Crippen molar-refractivity contribution in [2.24, 2.45) is 0 Å². The maximum Gasteiger partial charge on any atom is 0.249 e. The second-order valence-electron chi connectivity index (χ2n) is 5.37. The second-order valence-corrected chi connectivity index (χ2v) is 7.68. The third-order valence-electron chi connectivity index (χ3n) is 3.48. The molecule has 1 atom stereocenters. The fourth-order valence-corrected chi connectivity index (χ4v) is 2.82. The number of tetrazole rings is 1. The molecule has 0 fully saturated rings. The number of rotatable bonds is 7. The summed E-state index contributed by atoms with van der Waals surface area (Å²) in [6.07, 6.45) is 0. The lowest BCUT2D eigenvalue weighted by Crippen LogP contribution is -2.38. The van der Waals surface area contributed by atoms with Crippen LogP contribution in [-0.2, 0) is 14.8 Å². The molecular weight excluding hydrogens is 332 g/mol. The Kier molecular flexibility index (Phi) is 5.62. The first-order valence-electron chi connectivity index (χ1n) is 7.30. The highest BCUT2D eigenvalue weighted by molar-refractivity contribution is 7.89. The first-order chi connectivity index (χ1) is 11.3. The van der Waals surface area contributed by atoms with Crippen molar-refractivity contribution >= 4 is 15.9 Å². The predicted octanol–water partition coefficient (Wildman–Crippen LogP) is -0.421. The van der Waals surface area contributed by atoms with E-state index in [4.69, 9.17) is 0 Å². The molecule has 9 nitrogen and oxygen atoms in total. The topological polar surface area (TPSA) is 110 Å². The monoisotopic (exact) mass is 352 g/mol. The molecule has 1 aromatic heterocycles. The van der Waals surface area contributed by atoms with E-state index in [1.807, 2.05) is 18.2 Å². The number of amides is 1. The molecule has 1 amide bonds. The summed E-state index contributed by atoms with van der Waals surface area (Å²) in [5.74, 6) is -0.0626. The van der Waals surface area contributed by atoms with Gasteiger partial charge in [0.1, 0.15) is 5.82 Å². The van der Waals surface area contributed by atoms with Gasteiger partial charge in [-0.15, -0.1) is 5.10 Å². The normalized spacial score (nSPS) is 13.0. The van der Waals surface area contributed by atoms with E-state index in [-0.39, 0.29) is 18.2 Å². The molecule has 0 saturated heterocycles. The summed E-state index contributed by atoms with van der Waals surface area (Å²) in [5, 5.41) is 13.9. The summed E-state index contributed by atoms with van der Waals surface area (Å²) in [5.41, 5.74) is 0.709. The summed E-state index contributed by atoms with van der Waals surface area (Å²) < 4.78 is 26.1. The van der Waals surface area contributed by atoms with Gasteiger partial charge in [-0.3, -0.25) is 4.79 Å². The van der Waals surface area contributed by atoms with Crippen LogP contribution in [-0.4, -0.2) is 65.2 Å². The van der Waals surface area contributed by atoms with Crippen molar-refractivity contribution in [3.8, 4) is 0 Å². The van der Waals surface area contributed by atoms with E-state index in [0.717, 1.165) is 4.31 Å². The van der Waals surface area contributed by atoms with Crippen molar-refractivity contribution in [1.82, 2.24) is 29.8 Å². The van der Waals surface area contributed by atoms with E-state index < -0.39 is 16.1 Å². The summed E-state index contributed by atoms with van der Waals surface area (Å²) in [6.45, 7) is 1.70. The number of nitrogens with zero attached hydrogens (tertiary/aromatic N) is 5. The Morgan fingerprint density at radius 3 is 2.50 bits per heavy atom. The van der Waals surface area contributed by atoms with Crippen LogP contribution in [0.1, 0.15) is 17.4 Å². The van der Waals surface area contributed by atoms with Crippen LogP contribution in [0, 0.1) is 6.92 Å². The first-order valence-corrected chi connectivity index (χ1v) is 8.91. The molecule has 0 bridgehead atoms. The highest BCUT2D eigenvalue weighted by atomic mass is 32.2. The van der Waals surface area contributed by atoms with Crippen molar-refractivity contribution in [2.45, 2.75) is 13.0 Å². The number of aromatic nitrogens is 4. The Morgan fingerprint density at radius 2 is 1.96 bits per heavy atom. The van der Waals surface area contributed by atoms with Crippen molar-refractivity contribution in [3.63, 3.8) is 0 Å². The van der Waals surface area contributed by atoms with Crippen molar-refractivity contribution < 1.29 is 13.2 Å². The molecule has 0 saturated carbocycles. The average molecular weight is 352 g/mol. The second kappa shape index (κ2) is 7.49. The van der Waals surface area contributed by atoms with Gasteiger partial charge in [0.25, 0.3) is 0 Å². The number of hydrogen-bond donors (Lipinski definition) is 1. The summed E-state index contributed by atoms with van der Waals surface area (Å²) in [7, 11) is -0.469. The molecule has 0 radical (unpaired) electrons. The van der Waals surface area contributed by atoms with Crippen LogP contribution < -0.4 is 5.32 Å². The van der Waals surface area contributed by atoms with Crippen LogP contribution in [0.4, 0.5) is 0 Å². The summed E-state index contributed by atoms with van der Waals surface area (Å²) in [6, 6.07) is 8.29. The third kappa shape index (κ3) is 4.15. The predicted molar refractivity (Wildman–Crippen MR) is 87.6 cm³/mol. The molecule has 1 aromatic carbocycles. The zero-order chi connectivity index (χ0) is 17.7. The Balaban J connectivity index is 2.17. The molecule has 24 heavy (non-hydrogen) atoms. The maximum absolute atomic E-state index is 12.6. The highest BCUT2D eigenvalue weighted by Gasteiger charge is 2.26. The molecule has 10 heteroatoms. The molecule has 0 spiro atoms. The smallest absolute Gasteiger partial charge is 0.249 e. The molecule has 0 aliphatic rings. The molecule has 130 valence electrons. The van der Waals surface area contributed by atoms with E-state index in [9.17, 15) is 13.2 Å². The third-order valence-corrected chi connectivity index (χ3v) is 5.31. The highest BCUT2D eigenvalue weighted by Crippen LogP contribution is 2.18. The van der Waals surface area contributed by atoms with Crippen LogP contribution in [0.25, 0.3) is 0 Å². The lowest BCUT2D eigenvalue weighted by Gasteiger charge is -2.18. The fourth-order valence-electron chi connectivity index (χ4n) is 2.10. The van der Waals surface area contributed by atoms with Gasteiger partial charge in [0, 0.05) is 20.6 Å². The number of carbonyl (C=O) groups excluding carboxylic acids is 1. The van der Waals surface area contributed by atoms with E-state index >= 15 is 0 Å². The number of nitrogens with one attached hydrogen (secondary N) is 1. The van der Waals surface area contributed by atoms with Crippen molar-refractivity contribution in [1.29, 1.82) is 0 Å². The van der Waals surface area contributed by atoms with Crippen molar-refractivity contribution in [3.05, 3.63) is 41.7 Å². The van der Waals surface area contributed by atoms with Gasteiger partial charge in [0.05, 0.1) is 5.75 Å². The lowest BCUT2D eigenvalue weighted by atomic mass is 10.1. The van der Waals surface area contributed by atoms with Gasteiger partial charge in [0.2, 0.25) is 15.9 Å². The minimum Gasteiger partial charge on any atom is -0.353 e. The average Bonchev–Trinajstić information content (AvgIpc) is 2.94. The van der Waals surface area contributed by atoms with Crippen LogP contribution in [0.15, 0.2) is 30.3 Å². The fraction of sp³-hybridized carbons (Fsp3) is 0.429. The largest absolute Gasteiger partial charge is 0.353 e. The Morgan fingerprint density at radius 1 is 1.29 bits per heavy atom. The molecule has 1 N–H and O–H groups in total. The van der Waals surface area contributed by atoms with Crippen LogP contribution in [0.5, 0.6) is 0 Å². The zero-order valence-electron chi connectivity index (χ0n) is 13.7. The molecule has 1 heterocycles. The van der Waals surface area contributed by atoms with Gasteiger partial charge in [-0.25, -0.2) is 17.4 Å². The van der Waals surface area contributed by atoms with Gasteiger partial charge in [0.15, 0.2) is 6.04 Å². The number of sulfonamides is 1. The summed E-state index contributed by atoms with van der Waals surface area (Å²) in [4.78, 5) is 12.6. The minimum atomic E-state index is -3.37. The number of aryl methyl sites for hydroxylation is 1. The van der Waals surface area contributed by atoms with Gasteiger partial charge < -0.3 is 5.32 Å². The quantitative estimate of drug-likeness (QED) is 0.725. The van der Waals surface area contributed by atoms with Gasteiger partial charge >= 0.3 is 0 Å². The van der Waals surface area contributed by atoms with Gasteiger partial charge in [-0.1, -0.05) is 30.3 Å². The van der Waals surface area contributed by atoms with E-state index in [1.54, 1.807) is 19.1 Å². The van der Waals surface area contributed by atoms with E-state index in [1.165, 1.54) is 18.8 Å². The molecule has 0 aliphatic carbocycles. The zero-order valence-corrected chi connectivity index (χ0v) is 14.6. The standard InChI is InChI=1S/C14H20N6O3S/c1-11-16-17-18-20(11)13(12-7-5-4-6-8-12)14(21)15-9-10-24(22,23)19(2)3/h4-8,13H,9-10H2,1-3H3,(H,15,21)/t13-/m0/s1.